The molecule has 1 saturated heterocycles. The summed E-state index contributed by atoms with van der Waals surface area (Å²) in [4.78, 5) is 15.8. The molecule has 15 heteroatoms. The minimum Gasteiger partial charge on any atom is -0.394 e. The molecule has 7 atom stereocenters. The van der Waals surface area contributed by atoms with Gasteiger partial charge in [0.1, 0.15) is 46.7 Å². The smallest absolute Gasteiger partial charge is 0.259 e. The highest BCUT2D eigenvalue weighted by atomic mass is 35.5. The second-order valence-corrected chi connectivity index (χ2v) is 11.8. The van der Waals surface area contributed by atoms with Crippen LogP contribution in [0.5, 0.6) is 0 Å². The standard InChI is InChI=1S/C28H29Cl3F2N4O6/c1-42-26-24(36-11-19(34-35-36)13-6-17(32)23(31)18(33)7-13)25(40)22(12-38)43-27(26)28(41)37(20-4-2-3-5-21(20)39)16-9-14(29)8-15(30)10-16/h6-11,20-22,24-27,38-40H,2-5,12H2,1H3/t20-,21-,22+,24-,25-,26+,27+/m0/s1. The molecule has 1 aromatic heterocycles. The molecule has 1 aliphatic carbocycles. The van der Waals surface area contributed by atoms with Gasteiger partial charge in [-0.05, 0) is 43.2 Å². The summed E-state index contributed by atoms with van der Waals surface area (Å²) in [5, 5.41) is 40.2. The fourth-order valence-corrected chi connectivity index (χ4v) is 6.43. The summed E-state index contributed by atoms with van der Waals surface area (Å²) in [6, 6.07) is 4.77. The van der Waals surface area contributed by atoms with Gasteiger partial charge >= 0.3 is 0 Å². The molecule has 0 bridgehead atoms. The van der Waals surface area contributed by atoms with Crippen molar-refractivity contribution in [3.63, 3.8) is 0 Å². The van der Waals surface area contributed by atoms with Crippen molar-refractivity contribution in [2.45, 2.75) is 68.3 Å². The first-order chi connectivity index (χ1) is 20.5. The first-order valence-corrected chi connectivity index (χ1v) is 14.7. The topological polar surface area (TPSA) is 130 Å². The van der Waals surface area contributed by atoms with Crippen molar-refractivity contribution in [2.75, 3.05) is 18.6 Å². The Bertz CT molecular complexity index is 1440. The van der Waals surface area contributed by atoms with Gasteiger partial charge < -0.3 is 29.7 Å². The summed E-state index contributed by atoms with van der Waals surface area (Å²) in [5.41, 5.74) is 0.403. The average Bonchev–Trinajstić information content (AvgIpc) is 3.45. The zero-order chi connectivity index (χ0) is 31.0. The Balaban J connectivity index is 1.55. The van der Waals surface area contributed by atoms with Crippen LogP contribution in [0.2, 0.25) is 15.1 Å². The highest BCUT2D eigenvalue weighted by Gasteiger charge is 2.52. The number of carbonyl (C=O) groups excluding carboxylic acids is 1. The van der Waals surface area contributed by atoms with Crippen LogP contribution >= 0.6 is 34.8 Å². The van der Waals surface area contributed by atoms with Crippen LogP contribution in [0.3, 0.4) is 0 Å². The van der Waals surface area contributed by atoms with E-state index in [2.05, 4.69) is 10.3 Å². The van der Waals surface area contributed by atoms with E-state index >= 15 is 0 Å². The molecule has 3 N–H and O–H groups in total. The number of carbonyl (C=O) groups is 1. The van der Waals surface area contributed by atoms with Gasteiger partial charge in [0.15, 0.2) is 6.10 Å². The number of anilines is 1. The molecular weight excluding hydrogens is 633 g/mol. The van der Waals surface area contributed by atoms with Crippen LogP contribution in [-0.4, -0.2) is 86.5 Å². The summed E-state index contributed by atoms with van der Waals surface area (Å²) in [6.07, 6.45) is -2.35. The third-order valence-corrected chi connectivity index (χ3v) is 8.66. The van der Waals surface area contributed by atoms with Crippen LogP contribution < -0.4 is 4.90 Å². The Labute approximate surface area is 260 Å². The van der Waals surface area contributed by atoms with Gasteiger partial charge in [-0.3, -0.25) is 4.79 Å². The minimum atomic E-state index is -1.44. The number of halogens is 5. The molecule has 232 valence electrons. The molecule has 0 unspecified atom stereocenters. The van der Waals surface area contributed by atoms with Crippen LogP contribution in [-0.2, 0) is 14.3 Å². The molecule has 1 aliphatic heterocycles. The van der Waals surface area contributed by atoms with Crippen molar-refractivity contribution in [1.29, 1.82) is 0 Å². The Morgan fingerprint density at radius 3 is 2.35 bits per heavy atom. The van der Waals surface area contributed by atoms with E-state index in [4.69, 9.17) is 44.3 Å². The molecule has 2 aromatic carbocycles. The lowest BCUT2D eigenvalue weighted by Gasteiger charge is -2.46. The lowest BCUT2D eigenvalue weighted by molar-refractivity contribution is -0.211. The van der Waals surface area contributed by atoms with E-state index in [0.717, 1.165) is 25.0 Å². The summed E-state index contributed by atoms with van der Waals surface area (Å²) in [5.74, 6) is -2.62. The third-order valence-electron chi connectivity index (χ3n) is 7.87. The summed E-state index contributed by atoms with van der Waals surface area (Å²) >= 11 is 18.2. The average molecular weight is 662 g/mol. The van der Waals surface area contributed by atoms with E-state index in [9.17, 15) is 28.9 Å². The van der Waals surface area contributed by atoms with Gasteiger partial charge in [0, 0.05) is 28.4 Å². The van der Waals surface area contributed by atoms with Crippen molar-refractivity contribution in [1.82, 2.24) is 15.0 Å². The molecule has 0 radical (unpaired) electrons. The van der Waals surface area contributed by atoms with E-state index in [0.29, 0.717) is 18.5 Å². The molecule has 43 heavy (non-hydrogen) atoms. The largest absolute Gasteiger partial charge is 0.394 e. The number of aromatic nitrogens is 3. The Morgan fingerprint density at radius 2 is 1.74 bits per heavy atom. The summed E-state index contributed by atoms with van der Waals surface area (Å²) in [7, 11) is 1.31. The van der Waals surface area contributed by atoms with E-state index < -0.39 is 71.8 Å². The number of ether oxygens (including phenoxy) is 2. The highest BCUT2D eigenvalue weighted by molar-refractivity contribution is 6.35. The second kappa shape index (κ2) is 13.3. The van der Waals surface area contributed by atoms with E-state index in [1.807, 2.05) is 0 Å². The Kier molecular flexibility index (Phi) is 9.89. The SMILES string of the molecule is CO[C@@H]1[C@@H](n2cc(-c3cc(F)c(Cl)c(F)c3)nn2)[C@@H](O)[C@@H](CO)O[C@H]1C(=O)N(c1cc(Cl)cc(Cl)c1)[C@H]1CCCC[C@@H]1O. The number of nitrogens with zero attached hydrogens (tertiary/aromatic N) is 4. The number of hydrogen-bond acceptors (Lipinski definition) is 8. The third kappa shape index (κ3) is 6.38. The monoisotopic (exact) mass is 660 g/mol. The van der Waals surface area contributed by atoms with Gasteiger partial charge in [0.05, 0.1) is 24.9 Å². The number of aliphatic hydroxyl groups is 3. The second-order valence-electron chi connectivity index (χ2n) is 10.6. The lowest BCUT2D eigenvalue weighted by Crippen LogP contribution is -2.63. The first kappa shape index (κ1) is 32.0. The zero-order valence-electron chi connectivity index (χ0n) is 22.8. The Morgan fingerprint density at radius 1 is 1.09 bits per heavy atom. The number of benzene rings is 2. The van der Waals surface area contributed by atoms with Gasteiger partial charge in [-0.2, -0.15) is 0 Å². The van der Waals surface area contributed by atoms with Crippen LogP contribution in [0.1, 0.15) is 31.7 Å². The molecule has 2 fully saturated rings. The molecule has 5 rings (SSSR count). The number of methoxy groups -OCH3 is 1. The van der Waals surface area contributed by atoms with Crippen molar-refractivity contribution in [3.8, 4) is 11.3 Å². The van der Waals surface area contributed by atoms with Crippen LogP contribution in [0.25, 0.3) is 11.3 Å². The van der Waals surface area contributed by atoms with E-state index in [1.54, 1.807) is 12.1 Å². The number of amides is 1. The van der Waals surface area contributed by atoms with E-state index in [-0.39, 0.29) is 21.3 Å². The maximum Gasteiger partial charge on any atom is 0.259 e. The van der Waals surface area contributed by atoms with Gasteiger partial charge in [0.25, 0.3) is 5.91 Å². The van der Waals surface area contributed by atoms with Crippen LogP contribution in [0.15, 0.2) is 36.5 Å². The number of aliphatic hydroxyl groups excluding tert-OH is 3. The molecule has 1 saturated carbocycles. The highest BCUT2D eigenvalue weighted by Crippen LogP contribution is 2.38. The first-order valence-electron chi connectivity index (χ1n) is 13.5. The quantitative estimate of drug-likeness (QED) is 0.322. The van der Waals surface area contributed by atoms with Crippen LogP contribution in [0.4, 0.5) is 14.5 Å². The maximum atomic E-state index is 14.4. The number of rotatable bonds is 7. The normalized spacial score (nSPS) is 27.7. The summed E-state index contributed by atoms with van der Waals surface area (Å²) in [6.45, 7) is -0.665. The van der Waals surface area contributed by atoms with Crippen molar-refractivity contribution >= 4 is 46.4 Å². The minimum absolute atomic E-state index is 0.0304. The molecule has 0 spiro atoms. The molecule has 2 heterocycles. The molecule has 1 amide bonds. The molecule has 2 aliphatic rings. The molecular formula is C28H29Cl3F2N4O6. The van der Waals surface area contributed by atoms with Crippen LogP contribution in [0, 0.1) is 11.6 Å². The van der Waals surface area contributed by atoms with Gasteiger partial charge in [-0.1, -0.05) is 52.9 Å². The van der Waals surface area contributed by atoms with Gasteiger partial charge in [-0.25, -0.2) is 13.5 Å². The fraction of sp³-hybridized carbons (Fsp3) is 0.464. The van der Waals surface area contributed by atoms with E-state index in [1.165, 1.54) is 29.0 Å². The lowest BCUT2D eigenvalue weighted by atomic mass is 9.88. The number of hydrogen-bond donors (Lipinski definition) is 3. The fourth-order valence-electron chi connectivity index (χ4n) is 5.81. The molecule has 3 aromatic rings. The Hall–Kier alpha value is -2.42. The van der Waals surface area contributed by atoms with Crippen molar-refractivity contribution < 1.29 is 38.4 Å². The maximum absolute atomic E-state index is 14.4. The van der Waals surface area contributed by atoms with Gasteiger partial charge in [0.2, 0.25) is 0 Å². The van der Waals surface area contributed by atoms with Crippen molar-refractivity contribution in [2.24, 2.45) is 0 Å². The summed E-state index contributed by atoms with van der Waals surface area (Å²) < 4.78 is 41.1. The zero-order valence-corrected chi connectivity index (χ0v) is 25.1. The van der Waals surface area contributed by atoms with Crippen molar-refractivity contribution in [3.05, 3.63) is 63.2 Å². The van der Waals surface area contributed by atoms with Gasteiger partial charge in [-0.15, -0.1) is 5.10 Å². The predicted molar refractivity (Wildman–Crippen MR) is 154 cm³/mol. The predicted octanol–water partition coefficient (Wildman–Crippen LogP) is 4.20. The molecule has 10 nitrogen and oxygen atoms in total.